The Morgan fingerprint density at radius 3 is 2.71 bits per heavy atom. The lowest BCUT2D eigenvalue weighted by Crippen LogP contribution is -2.24. The molecule has 21 heavy (non-hydrogen) atoms. The molecule has 0 amide bonds. The number of carbonyl (C=O) groups is 1. The average molecular weight is 304 g/mol. The van der Waals surface area contributed by atoms with Gasteiger partial charge in [-0.1, -0.05) is 11.3 Å². The largest absolute Gasteiger partial charge is 0.478 e. The van der Waals surface area contributed by atoms with Crippen LogP contribution in [0.1, 0.15) is 47.5 Å². The number of fused-ring (bicyclic) bond motifs is 3. The van der Waals surface area contributed by atoms with Crippen LogP contribution >= 0.6 is 11.3 Å². The quantitative estimate of drug-likeness (QED) is 0.890. The Bertz CT molecular complexity index is 715. The van der Waals surface area contributed by atoms with Crippen LogP contribution in [-0.4, -0.2) is 28.3 Å². The van der Waals surface area contributed by atoms with E-state index in [2.05, 4.69) is 4.98 Å². The zero-order valence-corrected chi connectivity index (χ0v) is 12.2. The summed E-state index contributed by atoms with van der Waals surface area (Å²) in [5.74, 6) is -0.584. The molecule has 2 aliphatic heterocycles. The molecular weight excluding hydrogens is 288 g/mol. The number of anilines is 1. The number of nitrogen functional groups attached to an aromatic ring is 1. The SMILES string of the molecule is Nc1nc2c(C3CC4CCC(C3)O4)cc(C(=O)O)cc2s1. The summed E-state index contributed by atoms with van der Waals surface area (Å²) in [6.07, 6.45) is 4.75. The van der Waals surface area contributed by atoms with E-state index >= 15 is 0 Å². The molecule has 2 aliphatic rings. The topological polar surface area (TPSA) is 85.4 Å². The van der Waals surface area contributed by atoms with Gasteiger partial charge in [0.2, 0.25) is 0 Å². The first-order valence-electron chi connectivity index (χ1n) is 7.19. The maximum absolute atomic E-state index is 11.4. The number of hydrogen-bond donors (Lipinski definition) is 2. The van der Waals surface area contributed by atoms with Gasteiger partial charge < -0.3 is 15.6 Å². The molecule has 2 unspecified atom stereocenters. The number of nitrogens with zero attached hydrogens (tertiary/aromatic N) is 1. The van der Waals surface area contributed by atoms with E-state index in [1.54, 1.807) is 12.1 Å². The van der Waals surface area contributed by atoms with Crippen LogP contribution in [0.3, 0.4) is 0 Å². The molecule has 4 rings (SSSR count). The minimum atomic E-state index is -0.903. The molecule has 2 aromatic rings. The van der Waals surface area contributed by atoms with Crippen LogP contribution in [0.15, 0.2) is 12.1 Å². The molecule has 2 saturated heterocycles. The average Bonchev–Trinajstić information content (AvgIpc) is 2.98. The third kappa shape index (κ3) is 2.18. The van der Waals surface area contributed by atoms with Crippen LogP contribution in [0.4, 0.5) is 5.13 Å². The standard InChI is InChI=1S/C15H16N2O3S/c16-15-17-13-11(5-8(14(18)19)6-12(13)21-15)7-3-9-1-2-10(4-7)20-9/h5-7,9-10H,1-4H2,(H2,16,17)(H,18,19). The number of ether oxygens (including phenoxy) is 1. The Morgan fingerprint density at radius 2 is 2.05 bits per heavy atom. The second-order valence-electron chi connectivity index (χ2n) is 5.90. The number of aromatic nitrogens is 1. The molecule has 0 radical (unpaired) electrons. The van der Waals surface area contributed by atoms with Crippen LogP contribution in [0.2, 0.25) is 0 Å². The zero-order chi connectivity index (χ0) is 14.6. The summed E-state index contributed by atoms with van der Waals surface area (Å²) in [7, 11) is 0. The van der Waals surface area contributed by atoms with Crippen molar-refractivity contribution in [1.29, 1.82) is 0 Å². The molecule has 0 saturated carbocycles. The van der Waals surface area contributed by atoms with Gasteiger partial charge >= 0.3 is 5.97 Å². The van der Waals surface area contributed by atoms with Crippen molar-refractivity contribution in [2.75, 3.05) is 5.73 Å². The van der Waals surface area contributed by atoms with Gasteiger partial charge in [0.15, 0.2) is 5.13 Å². The summed E-state index contributed by atoms with van der Waals surface area (Å²) in [5.41, 5.74) is 8.03. The molecule has 3 heterocycles. The van der Waals surface area contributed by atoms with Crippen molar-refractivity contribution in [2.24, 2.45) is 0 Å². The molecule has 2 fully saturated rings. The number of nitrogens with two attached hydrogens (primary N) is 1. The highest BCUT2D eigenvalue weighted by atomic mass is 32.1. The highest BCUT2D eigenvalue weighted by Crippen LogP contribution is 2.43. The van der Waals surface area contributed by atoms with Crippen LogP contribution in [0.25, 0.3) is 10.2 Å². The van der Waals surface area contributed by atoms with Crippen molar-refractivity contribution in [3.05, 3.63) is 23.3 Å². The first-order chi connectivity index (χ1) is 10.1. The molecule has 2 atom stereocenters. The van der Waals surface area contributed by atoms with Crippen molar-refractivity contribution >= 4 is 32.7 Å². The number of benzene rings is 1. The molecule has 1 aromatic heterocycles. The molecular formula is C15H16N2O3S. The Kier molecular flexibility index (Phi) is 2.90. The number of thiazole rings is 1. The van der Waals surface area contributed by atoms with Gasteiger partial charge in [-0.25, -0.2) is 9.78 Å². The minimum absolute atomic E-state index is 0.313. The summed E-state index contributed by atoms with van der Waals surface area (Å²) < 4.78 is 6.75. The van der Waals surface area contributed by atoms with Crippen molar-refractivity contribution in [3.63, 3.8) is 0 Å². The Balaban J connectivity index is 1.84. The van der Waals surface area contributed by atoms with Gasteiger partial charge in [0, 0.05) is 0 Å². The predicted octanol–water partition coefficient (Wildman–Crippen LogP) is 3.00. The number of rotatable bonds is 2. The second kappa shape index (κ2) is 4.68. The normalized spacial score (nSPS) is 28.1. The summed E-state index contributed by atoms with van der Waals surface area (Å²) in [6, 6.07) is 3.45. The van der Waals surface area contributed by atoms with E-state index in [1.165, 1.54) is 11.3 Å². The van der Waals surface area contributed by atoms with Gasteiger partial charge in [0.25, 0.3) is 0 Å². The van der Waals surface area contributed by atoms with Crippen LogP contribution < -0.4 is 5.73 Å². The van der Waals surface area contributed by atoms with E-state index < -0.39 is 5.97 Å². The molecule has 5 nitrogen and oxygen atoms in total. The fraction of sp³-hybridized carbons (Fsp3) is 0.467. The molecule has 6 heteroatoms. The third-order valence-electron chi connectivity index (χ3n) is 4.52. The molecule has 0 aliphatic carbocycles. The van der Waals surface area contributed by atoms with Gasteiger partial charge in [-0.15, -0.1) is 0 Å². The first kappa shape index (κ1) is 13.0. The Morgan fingerprint density at radius 1 is 1.33 bits per heavy atom. The van der Waals surface area contributed by atoms with Crippen LogP contribution in [-0.2, 0) is 4.74 Å². The summed E-state index contributed by atoms with van der Waals surface area (Å²) in [4.78, 5) is 15.8. The first-order valence-corrected chi connectivity index (χ1v) is 8.00. The smallest absolute Gasteiger partial charge is 0.335 e. The number of hydrogen-bond acceptors (Lipinski definition) is 5. The van der Waals surface area contributed by atoms with E-state index in [-0.39, 0.29) is 0 Å². The molecule has 1 aromatic carbocycles. The lowest BCUT2D eigenvalue weighted by molar-refractivity contribution is -0.00361. The fourth-order valence-corrected chi connectivity index (χ4v) is 4.43. The minimum Gasteiger partial charge on any atom is -0.478 e. The summed E-state index contributed by atoms with van der Waals surface area (Å²) >= 11 is 1.35. The molecule has 3 N–H and O–H groups in total. The zero-order valence-electron chi connectivity index (χ0n) is 11.4. The van der Waals surface area contributed by atoms with E-state index in [0.717, 1.165) is 41.5 Å². The van der Waals surface area contributed by atoms with E-state index in [4.69, 9.17) is 10.5 Å². The van der Waals surface area contributed by atoms with E-state index in [9.17, 15) is 9.90 Å². The van der Waals surface area contributed by atoms with Gasteiger partial charge in [-0.2, -0.15) is 0 Å². The predicted molar refractivity (Wildman–Crippen MR) is 80.9 cm³/mol. The number of carboxylic acids is 1. The van der Waals surface area contributed by atoms with Crippen molar-refractivity contribution in [2.45, 2.75) is 43.8 Å². The maximum Gasteiger partial charge on any atom is 0.335 e. The monoisotopic (exact) mass is 304 g/mol. The fourth-order valence-electron chi connectivity index (χ4n) is 3.62. The lowest BCUT2D eigenvalue weighted by Gasteiger charge is -2.29. The van der Waals surface area contributed by atoms with Crippen molar-refractivity contribution in [1.82, 2.24) is 4.98 Å². The highest BCUT2D eigenvalue weighted by Gasteiger charge is 2.36. The summed E-state index contributed by atoms with van der Waals surface area (Å²) in [6.45, 7) is 0. The van der Waals surface area contributed by atoms with Gasteiger partial charge in [0.05, 0.1) is 28.0 Å². The Hall–Kier alpha value is -1.66. The van der Waals surface area contributed by atoms with Crippen LogP contribution in [0, 0.1) is 0 Å². The molecule has 2 bridgehead atoms. The van der Waals surface area contributed by atoms with Crippen molar-refractivity contribution in [3.8, 4) is 0 Å². The number of carboxylic acid groups (broad SMARTS) is 1. The molecule has 0 spiro atoms. The van der Waals surface area contributed by atoms with Crippen LogP contribution in [0.5, 0.6) is 0 Å². The summed E-state index contributed by atoms with van der Waals surface area (Å²) in [5, 5.41) is 9.81. The van der Waals surface area contributed by atoms with E-state index in [1.807, 2.05) is 0 Å². The highest BCUT2D eigenvalue weighted by molar-refractivity contribution is 7.22. The van der Waals surface area contributed by atoms with E-state index in [0.29, 0.717) is 28.8 Å². The van der Waals surface area contributed by atoms with Gasteiger partial charge in [0.1, 0.15) is 0 Å². The third-order valence-corrected chi connectivity index (χ3v) is 5.35. The second-order valence-corrected chi connectivity index (χ2v) is 6.96. The van der Waals surface area contributed by atoms with Gasteiger partial charge in [-0.05, 0) is 49.3 Å². The molecule has 110 valence electrons. The lowest BCUT2D eigenvalue weighted by atomic mass is 9.87. The van der Waals surface area contributed by atoms with Crippen molar-refractivity contribution < 1.29 is 14.6 Å². The Labute approximate surface area is 125 Å². The number of aromatic carboxylic acids is 1. The van der Waals surface area contributed by atoms with Gasteiger partial charge in [-0.3, -0.25) is 0 Å². The maximum atomic E-state index is 11.4.